The zero-order valence-electron chi connectivity index (χ0n) is 18.7. The fourth-order valence-corrected chi connectivity index (χ4v) is 7.46. The summed E-state index contributed by atoms with van der Waals surface area (Å²) in [5.74, 6) is -0.352. The lowest BCUT2D eigenvalue weighted by atomic mass is 9.96. The quantitative estimate of drug-likeness (QED) is 0.444. The summed E-state index contributed by atoms with van der Waals surface area (Å²) in [5.41, 5.74) is 2.33. The number of carbonyl (C=O) groups excluding carboxylic acids is 1. The van der Waals surface area contributed by atoms with E-state index in [0.29, 0.717) is 34.5 Å². The average Bonchev–Trinajstić information content (AvgIpc) is 3.43. The van der Waals surface area contributed by atoms with Gasteiger partial charge in [-0.25, -0.2) is 13.2 Å². The molecule has 0 saturated carbocycles. The maximum absolute atomic E-state index is 12.7. The van der Waals surface area contributed by atoms with Gasteiger partial charge in [-0.05, 0) is 80.6 Å². The number of methoxy groups -OCH3 is 1. The number of fused-ring (bicyclic) bond motifs is 1. The first-order valence-electron chi connectivity index (χ1n) is 11.3. The number of carbonyl (C=O) groups is 1. The van der Waals surface area contributed by atoms with Crippen LogP contribution in [0.3, 0.4) is 0 Å². The van der Waals surface area contributed by atoms with Crippen molar-refractivity contribution in [1.29, 1.82) is 0 Å². The Bertz CT molecular complexity index is 1120. The number of benzene rings is 1. The lowest BCUT2D eigenvalue weighted by Gasteiger charge is -2.16. The minimum Gasteiger partial charge on any atom is -0.465 e. The first-order chi connectivity index (χ1) is 15.9. The van der Waals surface area contributed by atoms with Crippen LogP contribution in [-0.2, 0) is 27.6 Å². The standard InChI is InChI=1S/C23H29N3O4S3/c1-30-22(27)20-18-8-4-2-3-5-9-19(18)32-21(20)25-23(31)24-16-10-12-17(13-11-16)33(28,29)26-14-6-7-15-26/h10-13H,2-9,14-15H2,1H3,(H2,24,25,31). The molecule has 1 aromatic carbocycles. The van der Waals surface area contributed by atoms with Crippen LogP contribution in [0.5, 0.6) is 0 Å². The van der Waals surface area contributed by atoms with Gasteiger partial charge in [-0.2, -0.15) is 4.31 Å². The number of hydrogen-bond donors (Lipinski definition) is 2. The van der Waals surface area contributed by atoms with Crippen molar-refractivity contribution in [3.63, 3.8) is 0 Å². The molecule has 2 N–H and O–H groups in total. The van der Waals surface area contributed by atoms with Crippen molar-refractivity contribution >= 4 is 55.3 Å². The smallest absolute Gasteiger partial charge is 0.341 e. The highest BCUT2D eigenvalue weighted by Gasteiger charge is 2.27. The van der Waals surface area contributed by atoms with Crippen LogP contribution >= 0.6 is 23.6 Å². The van der Waals surface area contributed by atoms with E-state index >= 15 is 0 Å². The summed E-state index contributed by atoms with van der Waals surface area (Å²) in [6.07, 6.45) is 8.17. The minimum atomic E-state index is -3.45. The van der Waals surface area contributed by atoms with Crippen molar-refractivity contribution in [2.45, 2.75) is 56.3 Å². The van der Waals surface area contributed by atoms with Gasteiger partial charge in [0.1, 0.15) is 5.00 Å². The van der Waals surface area contributed by atoms with Crippen LogP contribution in [0.2, 0.25) is 0 Å². The van der Waals surface area contributed by atoms with Crippen LogP contribution in [0, 0.1) is 0 Å². The highest BCUT2D eigenvalue weighted by atomic mass is 32.2. The number of esters is 1. The Kier molecular flexibility index (Phi) is 7.68. The molecule has 0 unspecified atom stereocenters. The number of hydrogen-bond acceptors (Lipinski definition) is 6. The van der Waals surface area contributed by atoms with Crippen molar-refractivity contribution in [1.82, 2.24) is 4.31 Å². The summed E-state index contributed by atoms with van der Waals surface area (Å²) in [5, 5.41) is 7.30. The molecule has 1 aromatic heterocycles. The van der Waals surface area contributed by atoms with Crippen LogP contribution in [0.25, 0.3) is 0 Å². The molecule has 1 aliphatic heterocycles. The highest BCUT2D eigenvalue weighted by molar-refractivity contribution is 7.89. The first kappa shape index (κ1) is 24.1. The molecule has 178 valence electrons. The summed E-state index contributed by atoms with van der Waals surface area (Å²) in [4.78, 5) is 14.1. The molecule has 2 heterocycles. The number of aryl methyl sites for hydroxylation is 1. The van der Waals surface area contributed by atoms with Crippen molar-refractivity contribution in [2.75, 3.05) is 30.8 Å². The number of anilines is 2. The van der Waals surface area contributed by atoms with Gasteiger partial charge in [0.15, 0.2) is 5.11 Å². The van der Waals surface area contributed by atoms with Gasteiger partial charge in [0.25, 0.3) is 0 Å². The summed E-state index contributed by atoms with van der Waals surface area (Å²) in [7, 11) is -2.05. The number of nitrogens with zero attached hydrogens (tertiary/aromatic N) is 1. The molecule has 0 amide bonds. The van der Waals surface area contributed by atoms with E-state index in [9.17, 15) is 13.2 Å². The number of rotatable bonds is 5. The average molecular weight is 508 g/mol. The van der Waals surface area contributed by atoms with E-state index in [0.717, 1.165) is 44.1 Å². The van der Waals surface area contributed by atoms with Gasteiger partial charge in [0.2, 0.25) is 10.0 Å². The highest BCUT2D eigenvalue weighted by Crippen LogP contribution is 2.37. The Morgan fingerprint density at radius 2 is 1.67 bits per heavy atom. The molecule has 1 fully saturated rings. The summed E-state index contributed by atoms with van der Waals surface area (Å²) < 4.78 is 32.0. The van der Waals surface area contributed by atoms with Crippen molar-refractivity contribution in [3.05, 3.63) is 40.3 Å². The van der Waals surface area contributed by atoms with Gasteiger partial charge < -0.3 is 15.4 Å². The molecule has 0 spiro atoms. The van der Waals surface area contributed by atoms with Gasteiger partial charge >= 0.3 is 5.97 Å². The topological polar surface area (TPSA) is 87.7 Å². The molecule has 33 heavy (non-hydrogen) atoms. The second kappa shape index (κ2) is 10.5. The third-order valence-electron chi connectivity index (χ3n) is 6.10. The van der Waals surface area contributed by atoms with Gasteiger partial charge in [0, 0.05) is 23.7 Å². The molecule has 0 atom stereocenters. The van der Waals surface area contributed by atoms with E-state index in [1.54, 1.807) is 35.6 Å². The van der Waals surface area contributed by atoms with Gasteiger partial charge in [0.05, 0.1) is 17.6 Å². The number of thiophene rings is 1. The second-order valence-electron chi connectivity index (χ2n) is 8.33. The van der Waals surface area contributed by atoms with E-state index in [1.807, 2.05) is 0 Å². The normalized spacial score (nSPS) is 17.0. The molecule has 1 aliphatic carbocycles. The molecule has 0 bridgehead atoms. The maximum Gasteiger partial charge on any atom is 0.341 e. The molecule has 0 radical (unpaired) electrons. The first-order valence-corrected chi connectivity index (χ1v) is 14.0. The van der Waals surface area contributed by atoms with E-state index in [1.165, 1.54) is 29.1 Å². The van der Waals surface area contributed by atoms with Gasteiger partial charge in [-0.1, -0.05) is 12.8 Å². The van der Waals surface area contributed by atoms with Crippen LogP contribution in [-0.4, -0.2) is 44.0 Å². The van der Waals surface area contributed by atoms with E-state index in [2.05, 4.69) is 10.6 Å². The number of thiocarbonyl (C=S) groups is 1. The van der Waals surface area contributed by atoms with Crippen LogP contribution in [0.4, 0.5) is 10.7 Å². The molecule has 4 rings (SSSR count). The van der Waals surface area contributed by atoms with Crippen LogP contribution in [0.1, 0.15) is 59.3 Å². The SMILES string of the molecule is COC(=O)c1c(NC(=S)Nc2ccc(S(=O)(=O)N3CCCC3)cc2)sc2c1CCCCCC2. The van der Waals surface area contributed by atoms with Crippen molar-refractivity contribution in [3.8, 4) is 0 Å². The second-order valence-corrected chi connectivity index (χ2v) is 11.8. The maximum atomic E-state index is 12.7. The van der Waals surface area contributed by atoms with E-state index in [4.69, 9.17) is 17.0 Å². The van der Waals surface area contributed by atoms with E-state index in [-0.39, 0.29) is 10.9 Å². The fourth-order valence-electron chi connectivity index (χ4n) is 4.38. The zero-order chi connectivity index (χ0) is 23.4. The molecule has 1 saturated heterocycles. The zero-order valence-corrected chi connectivity index (χ0v) is 21.1. The molecule has 2 aliphatic rings. The molecule has 7 nitrogen and oxygen atoms in total. The lowest BCUT2D eigenvalue weighted by Crippen LogP contribution is -2.27. The minimum absolute atomic E-state index is 0.278. The Morgan fingerprint density at radius 3 is 2.33 bits per heavy atom. The van der Waals surface area contributed by atoms with Crippen LogP contribution < -0.4 is 10.6 Å². The summed E-state index contributed by atoms with van der Waals surface area (Å²) in [6, 6.07) is 6.59. The third-order valence-corrected chi connectivity index (χ3v) is 9.43. The largest absolute Gasteiger partial charge is 0.465 e. The van der Waals surface area contributed by atoms with Crippen molar-refractivity contribution < 1.29 is 17.9 Å². The third kappa shape index (κ3) is 5.40. The fraction of sp³-hybridized carbons (Fsp3) is 0.478. The Morgan fingerprint density at radius 1 is 1.00 bits per heavy atom. The molecular formula is C23H29N3O4S3. The Labute approximate surface area is 204 Å². The van der Waals surface area contributed by atoms with Gasteiger partial charge in [-0.3, -0.25) is 0 Å². The Hall–Kier alpha value is -2.01. The number of sulfonamides is 1. The predicted octanol–water partition coefficient (Wildman–Crippen LogP) is 4.79. The van der Waals surface area contributed by atoms with E-state index < -0.39 is 10.0 Å². The van der Waals surface area contributed by atoms with Crippen molar-refractivity contribution in [2.24, 2.45) is 0 Å². The molecular weight excluding hydrogens is 478 g/mol. The molecule has 10 heteroatoms. The van der Waals surface area contributed by atoms with Gasteiger partial charge in [-0.15, -0.1) is 11.3 Å². The summed E-state index contributed by atoms with van der Waals surface area (Å²) >= 11 is 7.06. The van der Waals surface area contributed by atoms with Crippen LogP contribution in [0.15, 0.2) is 29.2 Å². The molecule has 2 aromatic rings. The Balaban J connectivity index is 1.48. The predicted molar refractivity (Wildman–Crippen MR) is 136 cm³/mol. The number of nitrogens with one attached hydrogen (secondary N) is 2. The lowest BCUT2D eigenvalue weighted by molar-refractivity contribution is 0.0601. The number of ether oxygens (including phenoxy) is 1. The monoisotopic (exact) mass is 507 g/mol. The summed E-state index contributed by atoms with van der Waals surface area (Å²) in [6.45, 7) is 1.15.